The van der Waals surface area contributed by atoms with E-state index < -0.39 is 0 Å². The van der Waals surface area contributed by atoms with E-state index in [2.05, 4.69) is 9.97 Å². The molecule has 0 aliphatic rings. The van der Waals surface area contributed by atoms with E-state index in [1.54, 1.807) is 31.8 Å². The third kappa shape index (κ3) is 2.06. The Morgan fingerprint density at radius 2 is 2.16 bits per heavy atom. The lowest BCUT2D eigenvalue weighted by Crippen LogP contribution is -2.14. The van der Waals surface area contributed by atoms with Crippen molar-refractivity contribution >= 4 is 0 Å². The van der Waals surface area contributed by atoms with Gasteiger partial charge in [-0.05, 0) is 18.2 Å². The fraction of sp³-hybridized carbons (Fsp3) is 0.0714. The lowest BCUT2D eigenvalue weighted by molar-refractivity contribution is 0.580. The highest BCUT2D eigenvalue weighted by atomic mass is 16.3. The highest BCUT2D eigenvalue weighted by Gasteiger charge is 2.11. The maximum Gasteiger partial charge on any atom is 0.250 e. The van der Waals surface area contributed by atoms with Crippen molar-refractivity contribution in [1.29, 1.82) is 0 Å². The number of nitrogens with zero attached hydrogens (tertiary/aromatic N) is 3. The molecule has 5 heteroatoms. The number of pyridine rings is 1. The summed E-state index contributed by atoms with van der Waals surface area (Å²) in [4.78, 5) is 19.7. The van der Waals surface area contributed by atoms with Gasteiger partial charge in [0.1, 0.15) is 12.0 Å². The molecule has 0 aliphatic heterocycles. The van der Waals surface area contributed by atoms with Gasteiger partial charge in [-0.1, -0.05) is 0 Å². The van der Waals surface area contributed by atoms with Crippen molar-refractivity contribution in [3.05, 3.63) is 59.6 Å². The largest absolute Gasteiger partial charge is 0.463 e. The summed E-state index contributed by atoms with van der Waals surface area (Å²) in [5.41, 5.74) is 2.35. The molecule has 0 amide bonds. The molecular weight excluding hydrogens is 242 g/mol. The van der Waals surface area contributed by atoms with Crippen LogP contribution in [-0.2, 0) is 7.05 Å². The average Bonchev–Trinajstić information content (AvgIpc) is 2.96. The van der Waals surface area contributed by atoms with Gasteiger partial charge in [0.2, 0.25) is 5.56 Å². The highest BCUT2D eigenvalue weighted by Crippen LogP contribution is 2.28. The lowest BCUT2D eigenvalue weighted by Gasteiger charge is -2.07. The Bertz CT molecular complexity index is 760. The fourth-order valence-electron chi connectivity index (χ4n) is 1.90. The molecule has 5 nitrogen and oxygen atoms in total. The van der Waals surface area contributed by atoms with Gasteiger partial charge < -0.3 is 8.98 Å². The topological polar surface area (TPSA) is 60.9 Å². The molecule has 94 valence electrons. The van der Waals surface area contributed by atoms with E-state index in [-0.39, 0.29) is 5.56 Å². The predicted molar refractivity (Wildman–Crippen MR) is 70.4 cm³/mol. The van der Waals surface area contributed by atoms with E-state index in [4.69, 9.17) is 4.42 Å². The van der Waals surface area contributed by atoms with E-state index in [1.165, 1.54) is 17.0 Å². The Hall–Kier alpha value is -2.69. The van der Waals surface area contributed by atoms with Gasteiger partial charge in [0.15, 0.2) is 5.76 Å². The van der Waals surface area contributed by atoms with Gasteiger partial charge in [0, 0.05) is 36.6 Å². The second-order valence-corrected chi connectivity index (χ2v) is 4.13. The summed E-state index contributed by atoms with van der Waals surface area (Å²) in [7, 11) is 1.71. The Morgan fingerprint density at radius 1 is 1.26 bits per heavy atom. The summed E-state index contributed by atoms with van der Waals surface area (Å²) < 4.78 is 6.90. The molecular formula is C14H11N3O2. The zero-order valence-electron chi connectivity index (χ0n) is 10.3. The maximum absolute atomic E-state index is 11.4. The van der Waals surface area contributed by atoms with Crippen LogP contribution in [0.4, 0.5) is 0 Å². The van der Waals surface area contributed by atoms with Crippen LogP contribution in [-0.4, -0.2) is 14.5 Å². The molecule has 0 radical (unpaired) electrons. The average molecular weight is 253 g/mol. The first kappa shape index (κ1) is 11.4. The Kier molecular flexibility index (Phi) is 2.72. The fourth-order valence-corrected chi connectivity index (χ4v) is 1.90. The van der Waals surface area contributed by atoms with E-state index in [0.717, 1.165) is 11.1 Å². The quantitative estimate of drug-likeness (QED) is 0.701. The van der Waals surface area contributed by atoms with Crippen molar-refractivity contribution in [3.63, 3.8) is 0 Å². The molecule has 0 saturated carbocycles. The number of aryl methyl sites for hydroxylation is 1. The summed E-state index contributed by atoms with van der Waals surface area (Å²) in [5.74, 6) is 0.672. The molecule has 3 heterocycles. The van der Waals surface area contributed by atoms with Crippen molar-refractivity contribution in [3.8, 4) is 22.6 Å². The molecule has 0 spiro atoms. The molecule has 0 aromatic carbocycles. The van der Waals surface area contributed by atoms with E-state index in [1.807, 2.05) is 12.1 Å². The Balaban J connectivity index is 2.20. The monoisotopic (exact) mass is 253 g/mol. The van der Waals surface area contributed by atoms with Crippen LogP contribution in [0.5, 0.6) is 0 Å². The summed E-state index contributed by atoms with van der Waals surface area (Å²) in [6.07, 6.45) is 6.55. The number of furan rings is 1. The van der Waals surface area contributed by atoms with E-state index in [9.17, 15) is 4.79 Å². The minimum Gasteiger partial charge on any atom is -0.463 e. The van der Waals surface area contributed by atoms with Crippen molar-refractivity contribution in [1.82, 2.24) is 14.5 Å². The van der Waals surface area contributed by atoms with Crippen LogP contribution in [0.2, 0.25) is 0 Å². The number of rotatable bonds is 2. The molecule has 0 atom stereocenters. The molecule has 19 heavy (non-hydrogen) atoms. The molecule has 0 aliphatic carbocycles. The molecule has 0 fully saturated rings. The van der Waals surface area contributed by atoms with Gasteiger partial charge in [-0.25, -0.2) is 9.97 Å². The van der Waals surface area contributed by atoms with Crippen LogP contribution in [0, 0.1) is 0 Å². The first-order valence-electron chi connectivity index (χ1n) is 5.76. The molecule has 3 rings (SSSR count). The van der Waals surface area contributed by atoms with Crippen LogP contribution in [0.3, 0.4) is 0 Å². The van der Waals surface area contributed by atoms with Gasteiger partial charge in [0.05, 0.1) is 6.26 Å². The van der Waals surface area contributed by atoms with Crippen LogP contribution in [0.1, 0.15) is 0 Å². The minimum atomic E-state index is -0.0554. The number of aromatic nitrogens is 3. The zero-order chi connectivity index (χ0) is 13.2. The van der Waals surface area contributed by atoms with Gasteiger partial charge >= 0.3 is 0 Å². The van der Waals surface area contributed by atoms with Gasteiger partial charge in [0.25, 0.3) is 0 Å². The number of hydrogen-bond donors (Lipinski definition) is 0. The zero-order valence-corrected chi connectivity index (χ0v) is 10.3. The normalized spacial score (nSPS) is 10.6. The van der Waals surface area contributed by atoms with Crippen molar-refractivity contribution in [2.75, 3.05) is 0 Å². The van der Waals surface area contributed by atoms with E-state index in [0.29, 0.717) is 11.5 Å². The van der Waals surface area contributed by atoms with Crippen molar-refractivity contribution in [2.24, 2.45) is 7.05 Å². The summed E-state index contributed by atoms with van der Waals surface area (Å²) in [6, 6.07) is 6.93. The first-order chi connectivity index (χ1) is 9.25. The lowest BCUT2D eigenvalue weighted by atomic mass is 10.1. The Morgan fingerprint density at radius 3 is 2.89 bits per heavy atom. The second kappa shape index (κ2) is 4.53. The molecule has 0 N–H and O–H groups in total. The third-order valence-electron chi connectivity index (χ3n) is 2.86. The first-order valence-corrected chi connectivity index (χ1v) is 5.76. The third-order valence-corrected chi connectivity index (χ3v) is 2.86. The van der Waals surface area contributed by atoms with Crippen LogP contribution >= 0.6 is 0 Å². The molecule has 3 aromatic heterocycles. The molecule has 0 bridgehead atoms. The Labute approximate surface area is 109 Å². The van der Waals surface area contributed by atoms with Crippen LogP contribution in [0.25, 0.3) is 22.6 Å². The smallest absolute Gasteiger partial charge is 0.250 e. The second-order valence-electron chi connectivity index (χ2n) is 4.13. The van der Waals surface area contributed by atoms with Crippen LogP contribution in [0.15, 0.2) is 58.5 Å². The standard InChI is InChI=1S/C14H11N3O2/c1-17-8-10(4-5-13(17)18)11-7-15-9-16-14(11)12-3-2-6-19-12/h2-9H,1H3. The minimum absolute atomic E-state index is 0.0554. The van der Waals surface area contributed by atoms with Gasteiger partial charge in [-0.15, -0.1) is 0 Å². The highest BCUT2D eigenvalue weighted by molar-refractivity contribution is 5.77. The maximum atomic E-state index is 11.4. The van der Waals surface area contributed by atoms with Crippen molar-refractivity contribution in [2.45, 2.75) is 0 Å². The summed E-state index contributed by atoms with van der Waals surface area (Å²) in [6.45, 7) is 0. The predicted octanol–water partition coefficient (Wildman–Crippen LogP) is 2.10. The van der Waals surface area contributed by atoms with Crippen molar-refractivity contribution < 1.29 is 4.42 Å². The SMILES string of the molecule is Cn1cc(-c2cncnc2-c2ccco2)ccc1=O. The summed E-state index contributed by atoms with van der Waals surface area (Å²) in [5, 5.41) is 0. The van der Waals surface area contributed by atoms with E-state index >= 15 is 0 Å². The van der Waals surface area contributed by atoms with Gasteiger partial charge in [-0.3, -0.25) is 4.79 Å². The molecule has 3 aromatic rings. The summed E-state index contributed by atoms with van der Waals surface area (Å²) >= 11 is 0. The molecule has 0 saturated heterocycles. The number of hydrogen-bond acceptors (Lipinski definition) is 4. The van der Waals surface area contributed by atoms with Crippen LogP contribution < -0.4 is 5.56 Å². The molecule has 0 unspecified atom stereocenters. The van der Waals surface area contributed by atoms with Gasteiger partial charge in [-0.2, -0.15) is 0 Å².